The first-order chi connectivity index (χ1) is 16.1. The Labute approximate surface area is 190 Å². The molecule has 0 saturated carbocycles. The van der Waals surface area contributed by atoms with E-state index in [9.17, 15) is 9.59 Å². The van der Waals surface area contributed by atoms with Gasteiger partial charge in [-0.15, -0.1) is 0 Å². The number of pyridine rings is 1. The van der Waals surface area contributed by atoms with Gasteiger partial charge in [0.1, 0.15) is 17.2 Å². The summed E-state index contributed by atoms with van der Waals surface area (Å²) in [6.07, 6.45) is 1.58. The number of hydroxylamine groups is 1. The summed E-state index contributed by atoms with van der Waals surface area (Å²) in [5.41, 5.74) is 3.84. The lowest BCUT2D eigenvalue weighted by Crippen LogP contribution is -2.28. The van der Waals surface area contributed by atoms with Crippen LogP contribution in [0.25, 0.3) is 10.8 Å². The maximum absolute atomic E-state index is 12.6. The van der Waals surface area contributed by atoms with E-state index in [1.807, 2.05) is 78.9 Å². The van der Waals surface area contributed by atoms with E-state index in [2.05, 4.69) is 15.3 Å². The van der Waals surface area contributed by atoms with Gasteiger partial charge in [0.25, 0.3) is 0 Å². The Balaban J connectivity index is 1.63. The molecule has 0 radical (unpaired) electrons. The van der Waals surface area contributed by atoms with Crippen molar-refractivity contribution in [1.29, 1.82) is 0 Å². The number of ether oxygens (including phenoxy) is 2. The number of nitrogens with zero attached hydrogens (tertiary/aromatic N) is 1. The van der Waals surface area contributed by atoms with E-state index in [0.717, 1.165) is 16.3 Å². The summed E-state index contributed by atoms with van der Waals surface area (Å²) >= 11 is 0. The molecule has 166 valence electrons. The smallest absolute Gasteiger partial charge is 0.329 e. The van der Waals surface area contributed by atoms with Gasteiger partial charge in [-0.1, -0.05) is 54.6 Å². The van der Waals surface area contributed by atoms with Gasteiger partial charge in [-0.25, -0.2) is 4.98 Å². The minimum Gasteiger partial charge on any atom is -0.457 e. The van der Waals surface area contributed by atoms with Crippen molar-refractivity contribution >= 4 is 22.6 Å². The van der Waals surface area contributed by atoms with Gasteiger partial charge >= 0.3 is 11.9 Å². The maximum atomic E-state index is 12.6. The van der Waals surface area contributed by atoms with Gasteiger partial charge in [-0.3, -0.25) is 9.59 Å². The van der Waals surface area contributed by atoms with Crippen molar-refractivity contribution in [2.45, 2.75) is 20.1 Å². The van der Waals surface area contributed by atoms with E-state index in [-0.39, 0.29) is 12.3 Å². The highest BCUT2D eigenvalue weighted by Gasteiger charge is 2.18. The average molecular weight is 442 g/mol. The number of rotatable bonds is 7. The largest absolute Gasteiger partial charge is 0.457 e. The predicted molar refractivity (Wildman–Crippen MR) is 122 cm³/mol. The molecule has 1 heterocycles. The third kappa shape index (κ3) is 5.72. The number of carbonyl (C=O) groups is 2. The number of nitrogens with one attached hydrogen (secondary N) is 1. The molecule has 0 bridgehead atoms. The van der Waals surface area contributed by atoms with Crippen molar-refractivity contribution < 1.29 is 23.9 Å². The van der Waals surface area contributed by atoms with E-state index >= 15 is 0 Å². The lowest BCUT2D eigenvalue weighted by atomic mass is 10.0. The zero-order valence-corrected chi connectivity index (χ0v) is 18.0. The van der Waals surface area contributed by atoms with E-state index in [1.54, 1.807) is 6.20 Å². The summed E-state index contributed by atoms with van der Waals surface area (Å²) in [5.74, 6) is 0.0983. The molecule has 4 rings (SSSR count). The van der Waals surface area contributed by atoms with Crippen molar-refractivity contribution in [1.82, 2.24) is 10.5 Å². The van der Waals surface area contributed by atoms with Crippen LogP contribution in [0.2, 0.25) is 0 Å². The predicted octanol–water partition coefficient (Wildman–Crippen LogP) is 4.95. The molecule has 4 aromatic rings. The molecule has 0 spiro atoms. The topological polar surface area (TPSA) is 86.8 Å². The van der Waals surface area contributed by atoms with E-state index in [0.29, 0.717) is 23.7 Å². The Bertz CT molecular complexity index is 1260. The second-order valence-corrected chi connectivity index (χ2v) is 7.25. The maximum Gasteiger partial charge on any atom is 0.329 e. The van der Waals surface area contributed by atoms with Crippen LogP contribution in [-0.4, -0.2) is 16.9 Å². The van der Waals surface area contributed by atoms with Crippen LogP contribution in [0.1, 0.15) is 28.5 Å². The van der Waals surface area contributed by atoms with E-state index in [4.69, 9.17) is 9.47 Å². The van der Waals surface area contributed by atoms with Crippen LogP contribution in [0.5, 0.6) is 11.5 Å². The molecule has 1 aromatic heterocycles. The Morgan fingerprint density at radius 2 is 1.61 bits per heavy atom. The fourth-order valence-corrected chi connectivity index (χ4v) is 3.30. The lowest BCUT2D eigenvalue weighted by molar-refractivity contribution is -0.146. The Morgan fingerprint density at radius 1 is 0.879 bits per heavy atom. The van der Waals surface area contributed by atoms with E-state index in [1.165, 1.54) is 6.92 Å². The molecule has 0 saturated heterocycles. The van der Waals surface area contributed by atoms with Gasteiger partial charge in [-0.2, -0.15) is 5.48 Å². The van der Waals surface area contributed by atoms with Gasteiger partial charge < -0.3 is 14.3 Å². The molecule has 7 nitrogen and oxygen atoms in total. The monoisotopic (exact) mass is 442 g/mol. The number of fused-ring (bicyclic) bond motifs is 1. The molecule has 0 unspecified atom stereocenters. The first-order valence-corrected chi connectivity index (χ1v) is 10.3. The number of benzene rings is 3. The summed E-state index contributed by atoms with van der Waals surface area (Å²) in [5, 5.41) is 1.57. The molecule has 1 amide bonds. The molecular formula is C26H22N2O5. The lowest BCUT2D eigenvalue weighted by Gasteiger charge is -2.14. The molecule has 0 fully saturated rings. The Morgan fingerprint density at radius 3 is 2.33 bits per heavy atom. The molecule has 3 aromatic carbocycles. The van der Waals surface area contributed by atoms with Gasteiger partial charge in [0.2, 0.25) is 0 Å². The highest BCUT2D eigenvalue weighted by atomic mass is 16.7. The minimum atomic E-state index is -0.631. The first-order valence-electron chi connectivity index (χ1n) is 10.3. The normalized spacial score (nSPS) is 10.6. The minimum absolute atomic E-state index is 0.119. The van der Waals surface area contributed by atoms with Crippen molar-refractivity contribution in [3.8, 4) is 11.5 Å². The number of hydrogen-bond donors (Lipinski definition) is 1. The van der Waals surface area contributed by atoms with Crippen LogP contribution in [0.3, 0.4) is 0 Å². The van der Waals surface area contributed by atoms with Crippen LogP contribution in [0, 0.1) is 0 Å². The fourth-order valence-electron chi connectivity index (χ4n) is 3.30. The average Bonchev–Trinajstić information content (AvgIpc) is 2.84. The van der Waals surface area contributed by atoms with Crippen LogP contribution in [0.15, 0.2) is 85.1 Å². The summed E-state index contributed by atoms with van der Waals surface area (Å²) < 4.78 is 11.8. The Kier molecular flexibility index (Phi) is 6.92. The number of hydrogen-bond acceptors (Lipinski definition) is 6. The van der Waals surface area contributed by atoms with Crippen LogP contribution >= 0.6 is 0 Å². The molecule has 1 N–H and O–H groups in total. The summed E-state index contributed by atoms with van der Waals surface area (Å²) in [6.45, 7) is 1.71. The number of amides is 1. The number of carbonyl (C=O) groups excluding carboxylic acids is 2. The third-order valence-electron chi connectivity index (χ3n) is 4.81. The summed E-state index contributed by atoms with van der Waals surface area (Å²) in [6, 6.07) is 24.7. The summed E-state index contributed by atoms with van der Waals surface area (Å²) in [7, 11) is 0. The number of aromatic nitrogens is 1. The van der Waals surface area contributed by atoms with Crippen molar-refractivity contribution in [3.05, 3.63) is 102 Å². The second-order valence-electron chi connectivity index (χ2n) is 7.25. The van der Waals surface area contributed by atoms with Crippen LogP contribution < -0.4 is 10.2 Å². The molecule has 0 atom stereocenters. The standard InChI is InChI=1S/C26H22N2O5/c1-18(29)33-28-26(30)25-24(17-31-16-19-8-4-2-5-9-19)23-13-12-22(14-20(23)15-27-25)32-21-10-6-3-7-11-21/h2-15H,16-17H2,1H3,(H,28,30). The van der Waals surface area contributed by atoms with Crippen LogP contribution in [-0.2, 0) is 27.6 Å². The SMILES string of the molecule is CC(=O)ONC(=O)c1ncc2cc(Oc3ccccc3)ccc2c1COCc1ccccc1. The quantitative estimate of drug-likeness (QED) is 0.408. The zero-order valence-electron chi connectivity index (χ0n) is 18.0. The molecule has 0 aliphatic heterocycles. The van der Waals surface area contributed by atoms with Crippen LogP contribution in [0.4, 0.5) is 0 Å². The molecule has 0 aliphatic carbocycles. The molecule has 33 heavy (non-hydrogen) atoms. The van der Waals surface area contributed by atoms with Gasteiger partial charge in [0, 0.05) is 24.1 Å². The molecular weight excluding hydrogens is 420 g/mol. The molecule has 0 aliphatic rings. The van der Waals surface area contributed by atoms with Crippen molar-refractivity contribution in [3.63, 3.8) is 0 Å². The van der Waals surface area contributed by atoms with Gasteiger partial charge in [0.15, 0.2) is 0 Å². The first kappa shape index (κ1) is 22.0. The van der Waals surface area contributed by atoms with E-state index < -0.39 is 11.9 Å². The highest BCUT2D eigenvalue weighted by Crippen LogP contribution is 2.29. The zero-order chi connectivity index (χ0) is 23.0. The Hall–Kier alpha value is -4.23. The third-order valence-corrected chi connectivity index (χ3v) is 4.81. The summed E-state index contributed by atoms with van der Waals surface area (Å²) in [4.78, 5) is 32.7. The van der Waals surface area contributed by atoms with Gasteiger partial charge in [0.05, 0.1) is 13.2 Å². The molecule has 7 heteroatoms. The second kappa shape index (κ2) is 10.4. The number of para-hydroxylation sites is 1. The van der Waals surface area contributed by atoms with Gasteiger partial charge in [-0.05, 0) is 35.2 Å². The van der Waals surface area contributed by atoms with Crippen molar-refractivity contribution in [2.24, 2.45) is 0 Å². The fraction of sp³-hybridized carbons (Fsp3) is 0.115. The highest BCUT2D eigenvalue weighted by molar-refractivity contribution is 5.99. The van der Waals surface area contributed by atoms with Crippen molar-refractivity contribution in [2.75, 3.05) is 0 Å².